The molecule has 22 heavy (non-hydrogen) atoms. The molecular weight excluding hydrogens is 276 g/mol. The molecule has 2 aliphatic carbocycles. The largest absolute Gasteiger partial charge is 0.497 e. The topological polar surface area (TPSA) is 50.4 Å². The molecule has 1 aliphatic heterocycles. The van der Waals surface area contributed by atoms with Crippen molar-refractivity contribution in [2.24, 2.45) is 0 Å². The number of ether oxygens (including phenoxy) is 1. The SMILES string of the molecule is COc1ccc2c(c1)C1=C(CC2)C(=O)N[C@H]2CCCC[C@@H]2N1. The van der Waals surface area contributed by atoms with Crippen molar-refractivity contribution < 1.29 is 9.53 Å². The summed E-state index contributed by atoms with van der Waals surface area (Å²) in [5, 5.41) is 6.95. The second-order valence-corrected chi connectivity index (χ2v) is 6.49. The van der Waals surface area contributed by atoms with E-state index < -0.39 is 0 Å². The molecule has 1 amide bonds. The molecule has 0 radical (unpaired) electrons. The molecule has 0 aromatic heterocycles. The summed E-state index contributed by atoms with van der Waals surface area (Å²) in [5.41, 5.74) is 4.39. The van der Waals surface area contributed by atoms with E-state index in [1.807, 2.05) is 6.07 Å². The Kier molecular flexibility index (Phi) is 3.32. The maximum atomic E-state index is 12.6. The summed E-state index contributed by atoms with van der Waals surface area (Å²) in [7, 11) is 1.68. The molecule has 0 spiro atoms. The van der Waals surface area contributed by atoms with Crippen LogP contribution >= 0.6 is 0 Å². The number of benzene rings is 1. The number of carbonyl (C=O) groups is 1. The summed E-state index contributed by atoms with van der Waals surface area (Å²) in [4.78, 5) is 12.6. The van der Waals surface area contributed by atoms with Gasteiger partial charge in [-0.15, -0.1) is 0 Å². The van der Waals surface area contributed by atoms with E-state index in [0.717, 1.165) is 48.3 Å². The number of fused-ring (bicyclic) bond motifs is 3. The van der Waals surface area contributed by atoms with Crippen LogP contribution in [0.2, 0.25) is 0 Å². The third kappa shape index (κ3) is 2.18. The molecular formula is C18H22N2O2. The number of methoxy groups -OCH3 is 1. The fourth-order valence-electron chi connectivity index (χ4n) is 3.99. The third-order valence-electron chi connectivity index (χ3n) is 5.22. The molecule has 0 bridgehead atoms. The van der Waals surface area contributed by atoms with Gasteiger partial charge in [0.25, 0.3) is 0 Å². The Labute approximate surface area is 130 Å². The summed E-state index contributed by atoms with van der Waals surface area (Å²) in [6.07, 6.45) is 6.38. The van der Waals surface area contributed by atoms with Crippen molar-refractivity contribution in [1.82, 2.24) is 10.6 Å². The van der Waals surface area contributed by atoms with E-state index in [2.05, 4.69) is 22.8 Å². The summed E-state index contributed by atoms with van der Waals surface area (Å²) in [6.45, 7) is 0. The summed E-state index contributed by atoms with van der Waals surface area (Å²) in [6, 6.07) is 6.81. The van der Waals surface area contributed by atoms with E-state index >= 15 is 0 Å². The number of nitrogens with one attached hydrogen (secondary N) is 2. The Balaban J connectivity index is 1.78. The number of aryl methyl sites for hydroxylation is 1. The van der Waals surface area contributed by atoms with E-state index in [1.165, 1.54) is 18.4 Å². The van der Waals surface area contributed by atoms with Gasteiger partial charge in [-0.2, -0.15) is 0 Å². The lowest BCUT2D eigenvalue weighted by molar-refractivity contribution is -0.118. The Morgan fingerprint density at radius 3 is 2.64 bits per heavy atom. The molecule has 2 N–H and O–H groups in total. The first-order valence-electron chi connectivity index (χ1n) is 8.24. The van der Waals surface area contributed by atoms with Crippen LogP contribution in [-0.4, -0.2) is 25.1 Å². The van der Waals surface area contributed by atoms with Crippen molar-refractivity contribution in [2.45, 2.75) is 50.6 Å². The number of hydrogen-bond donors (Lipinski definition) is 2. The van der Waals surface area contributed by atoms with Gasteiger partial charge < -0.3 is 15.4 Å². The Hall–Kier alpha value is -1.97. The van der Waals surface area contributed by atoms with Crippen molar-refractivity contribution >= 4 is 11.6 Å². The van der Waals surface area contributed by atoms with Gasteiger partial charge in [0, 0.05) is 23.2 Å². The monoisotopic (exact) mass is 298 g/mol. The minimum atomic E-state index is 0.116. The minimum absolute atomic E-state index is 0.116. The van der Waals surface area contributed by atoms with Gasteiger partial charge in [0.2, 0.25) is 5.91 Å². The zero-order chi connectivity index (χ0) is 15.1. The number of amides is 1. The molecule has 1 heterocycles. The van der Waals surface area contributed by atoms with E-state index in [9.17, 15) is 4.79 Å². The van der Waals surface area contributed by atoms with Crippen LogP contribution in [-0.2, 0) is 11.2 Å². The van der Waals surface area contributed by atoms with Gasteiger partial charge in [0.05, 0.1) is 12.8 Å². The van der Waals surface area contributed by atoms with Crippen LogP contribution in [0.4, 0.5) is 0 Å². The highest BCUT2D eigenvalue weighted by Crippen LogP contribution is 2.35. The zero-order valence-corrected chi connectivity index (χ0v) is 12.9. The van der Waals surface area contributed by atoms with Crippen molar-refractivity contribution in [3.8, 4) is 5.75 Å². The van der Waals surface area contributed by atoms with Crippen LogP contribution in [0, 0.1) is 0 Å². The molecule has 1 fully saturated rings. The van der Waals surface area contributed by atoms with Crippen LogP contribution in [0.15, 0.2) is 23.8 Å². The van der Waals surface area contributed by atoms with Crippen molar-refractivity contribution in [1.29, 1.82) is 0 Å². The first kappa shape index (κ1) is 13.7. The molecule has 4 rings (SSSR count). The molecule has 1 aromatic rings. The third-order valence-corrected chi connectivity index (χ3v) is 5.22. The normalized spacial score (nSPS) is 26.9. The van der Waals surface area contributed by atoms with E-state index in [4.69, 9.17) is 4.74 Å². The van der Waals surface area contributed by atoms with Gasteiger partial charge in [-0.3, -0.25) is 4.79 Å². The van der Waals surface area contributed by atoms with Crippen molar-refractivity contribution in [3.63, 3.8) is 0 Å². The Morgan fingerprint density at radius 1 is 1.09 bits per heavy atom. The van der Waals surface area contributed by atoms with Crippen molar-refractivity contribution in [3.05, 3.63) is 34.9 Å². The summed E-state index contributed by atoms with van der Waals surface area (Å²) >= 11 is 0. The highest BCUT2D eigenvalue weighted by molar-refractivity contribution is 6.02. The second kappa shape index (κ2) is 5.34. The molecule has 1 saturated carbocycles. The molecule has 4 heteroatoms. The molecule has 4 nitrogen and oxygen atoms in total. The van der Waals surface area contributed by atoms with E-state index in [0.29, 0.717) is 6.04 Å². The van der Waals surface area contributed by atoms with Gasteiger partial charge in [-0.1, -0.05) is 18.9 Å². The smallest absolute Gasteiger partial charge is 0.249 e. The predicted molar refractivity (Wildman–Crippen MR) is 85.6 cm³/mol. The second-order valence-electron chi connectivity index (χ2n) is 6.49. The summed E-state index contributed by atoms with van der Waals surface area (Å²) < 4.78 is 5.37. The Bertz CT molecular complexity index is 650. The first-order valence-corrected chi connectivity index (χ1v) is 8.24. The number of hydrogen-bond acceptors (Lipinski definition) is 3. The van der Waals surface area contributed by atoms with Crippen LogP contribution < -0.4 is 15.4 Å². The molecule has 2 atom stereocenters. The van der Waals surface area contributed by atoms with Gasteiger partial charge in [0.1, 0.15) is 5.75 Å². The average Bonchev–Trinajstić information content (AvgIpc) is 2.70. The predicted octanol–water partition coefficient (Wildman–Crippen LogP) is 2.38. The standard InChI is InChI=1S/C18H22N2O2/c1-22-12-8-6-11-7-9-13-17(14(11)10-12)19-15-4-2-3-5-16(15)20-18(13)21/h6,8,10,15-16,19H,2-5,7,9H2,1H3,(H,20,21)/t15-,16-/m0/s1. The molecule has 1 aromatic carbocycles. The maximum Gasteiger partial charge on any atom is 0.249 e. The van der Waals surface area contributed by atoms with Gasteiger partial charge in [0.15, 0.2) is 0 Å². The van der Waals surface area contributed by atoms with E-state index in [1.54, 1.807) is 7.11 Å². The lowest BCUT2D eigenvalue weighted by Gasteiger charge is -2.32. The van der Waals surface area contributed by atoms with Crippen LogP contribution in [0.1, 0.15) is 43.2 Å². The van der Waals surface area contributed by atoms with Gasteiger partial charge in [-0.05, 0) is 43.4 Å². The van der Waals surface area contributed by atoms with Crippen LogP contribution in [0.5, 0.6) is 5.75 Å². The maximum absolute atomic E-state index is 12.6. The van der Waals surface area contributed by atoms with Crippen LogP contribution in [0.3, 0.4) is 0 Å². The lowest BCUT2D eigenvalue weighted by atomic mass is 9.88. The first-order chi connectivity index (χ1) is 10.8. The highest BCUT2D eigenvalue weighted by Gasteiger charge is 2.34. The average molecular weight is 298 g/mol. The fourth-order valence-corrected chi connectivity index (χ4v) is 3.99. The zero-order valence-electron chi connectivity index (χ0n) is 12.9. The highest BCUT2D eigenvalue weighted by atomic mass is 16.5. The minimum Gasteiger partial charge on any atom is -0.497 e. The van der Waals surface area contributed by atoms with Gasteiger partial charge >= 0.3 is 0 Å². The molecule has 0 saturated heterocycles. The lowest BCUT2D eigenvalue weighted by Crippen LogP contribution is -2.48. The fraction of sp³-hybridized carbons (Fsp3) is 0.500. The van der Waals surface area contributed by atoms with Gasteiger partial charge in [-0.25, -0.2) is 0 Å². The Morgan fingerprint density at radius 2 is 1.86 bits per heavy atom. The number of carbonyl (C=O) groups excluding carboxylic acids is 1. The van der Waals surface area contributed by atoms with Crippen LogP contribution in [0.25, 0.3) is 5.70 Å². The molecule has 3 aliphatic rings. The summed E-state index contributed by atoms with van der Waals surface area (Å²) in [5.74, 6) is 0.963. The van der Waals surface area contributed by atoms with E-state index in [-0.39, 0.29) is 11.9 Å². The molecule has 0 unspecified atom stereocenters. The quantitative estimate of drug-likeness (QED) is 0.837. The van der Waals surface area contributed by atoms with Crippen molar-refractivity contribution in [2.75, 3.05) is 7.11 Å². The number of rotatable bonds is 1. The molecule has 116 valence electrons.